The van der Waals surface area contributed by atoms with Crippen molar-refractivity contribution >= 4 is 38.6 Å². The molecule has 2 aliphatic rings. The van der Waals surface area contributed by atoms with Gasteiger partial charge in [-0.3, -0.25) is 9.13 Å². The van der Waals surface area contributed by atoms with E-state index in [-0.39, 0.29) is 12.2 Å². The van der Waals surface area contributed by atoms with E-state index in [1.165, 1.54) is 38.4 Å². The van der Waals surface area contributed by atoms with Crippen LogP contribution in [0.5, 0.6) is 0 Å². The van der Waals surface area contributed by atoms with Gasteiger partial charge in [-0.1, -0.05) is 78.4 Å². The molecule has 0 N–H and O–H groups in total. The Morgan fingerprint density at radius 2 is 1.24 bits per heavy atom. The first kappa shape index (κ1) is 40.2. The van der Waals surface area contributed by atoms with Gasteiger partial charge in [-0.05, 0) is 78.7 Å². The molecule has 0 radical (unpaired) electrons. The van der Waals surface area contributed by atoms with Gasteiger partial charge in [-0.25, -0.2) is 0 Å². The number of hydrogen-bond acceptors (Lipinski definition) is 10. The molecule has 0 aliphatic carbocycles. The molecule has 0 bridgehead atoms. The first-order chi connectivity index (χ1) is 26.7. The summed E-state index contributed by atoms with van der Waals surface area (Å²) in [4.78, 5) is 1.05. The zero-order valence-corrected chi connectivity index (χ0v) is 35.0. The van der Waals surface area contributed by atoms with E-state index in [0.717, 1.165) is 49.8 Å². The van der Waals surface area contributed by atoms with E-state index in [1.807, 2.05) is 39.8 Å². The smallest absolute Gasteiger partial charge is 0.167 e. The zero-order chi connectivity index (χ0) is 38.9. The summed E-state index contributed by atoms with van der Waals surface area (Å²) in [5.41, 5.74) is 7.48. The number of halogens is 1. The topological polar surface area (TPSA) is 98.3 Å². The highest BCUT2D eigenvalue weighted by atomic mass is 79.9. The highest BCUT2D eigenvalue weighted by Gasteiger charge is 2.30. The lowest BCUT2D eigenvalue weighted by Gasteiger charge is -2.09. The van der Waals surface area contributed by atoms with Crippen LogP contribution < -0.4 is 0 Å². The minimum absolute atomic E-state index is 0.0563. The molecule has 0 spiro atoms. The summed E-state index contributed by atoms with van der Waals surface area (Å²) < 4.78 is 27.1. The third kappa shape index (κ3) is 9.17. The van der Waals surface area contributed by atoms with Crippen LogP contribution in [0.3, 0.4) is 0 Å². The molecule has 13 heteroatoms. The normalized spacial score (nSPS) is 15.2. The second-order valence-corrected chi connectivity index (χ2v) is 16.1. The van der Waals surface area contributed by atoms with Gasteiger partial charge in [0.1, 0.15) is 47.1 Å². The fourth-order valence-corrected chi connectivity index (χ4v) is 9.50. The summed E-state index contributed by atoms with van der Waals surface area (Å²) >= 11 is 7.16. The molecule has 284 valence electrons. The van der Waals surface area contributed by atoms with Crippen molar-refractivity contribution in [2.75, 3.05) is 27.4 Å². The van der Waals surface area contributed by atoms with Crippen molar-refractivity contribution < 1.29 is 18.9 Å². The first-order valence-electron chi connectivity index (χ1n) is 17.8. The summed E-state index contributed by atoms with van der Waals surface area (Å²) in [5, 5.41) is 19.4. The van der Waals surface area contributed by atoms with Crippen LogP contribution in [0.1, 0.15) is 87.6 Å². The van der Waals surface area contributed by atoms with Gasteiger partial charge in [0.2, 0.25) is 0 Å². The summed E-state index contributed by atoms with van der Waals surface area (Å²) in [6.07, 6.45) is 6.32. The van der Waals surface area contributed by atoms with Gasteiger partial charge in [-0.15, -0.1) is 49.5 Å². The van der Waals surface area contributed by atoms with Crippen molar-refractivity contribution in [2.24, 2.45) is 0 Å². The van der Waals surface area contributed by atoms with Crippen LogP contribution in [-0.2, 0) is 45.0 Å². The number of nitrogens with zero attached hydrogens (tertiary/aromatic N) is 6. The molecule has 0 amide bonds. The lowest BCUT2D eigenvalue weighted by Crippen LogP contribution is -2.04. The van der Waals surface area contributed by atoms with E-state index in [4.69, 9.17) is 20.6 Å². The number of aromatic nitrogens is 6. The number of fused-ring (bicyclic) bond motifs is 6. The standard InChI is InChI=1S/C21H21N3O2S.C17H16BrN3OS.C4H6O/c1-14-20-23-22-15(2)24(20)21-18(13-26-14)17(12-16-8-5-4-6-9-16)19(27-21)10-7-11-25-3;1-10-16-20-19-11(2)21(16)17-14(9-22-10)13(15(18)23-17)8-12-6-4-3-5-7-12;1-3-4-5-2/h4-6,8-9,14H,11-13H2,1-3H3;3-7,10H,8-9H2,1-2H3;1H,4H2,2H3/t14-;10-;/m00./s1. The molecular formula is C42H43BrN6O4S2. The molecule has 55 heavy (non-hydrogen) atoms. The molecule has 4 aromatic heterocycles. The summed E-state index contributed by atoms with van der Waals surface area (Å²) in [7, 11) is 3.23. The number of ether oxygens (including phenoxy) is 4. The number of benzene rings is 2. The fraction of sp³-hybridized carbons (Fsp3) is 0.333. The van der Waals surface area contributed by atoms with Crippen LogP contribution in [0, 0.1) is 38.0 Å². The van der Waals surface area contributed by atoms with E-state index in [1.54, 1.807) is 36.9 Å². The van der Waals surface area contributed by atoms with Gasteiger partial charge in [-0.2, -0.15) is 0 Å². The third-order valence-corrected chi connectivity index (χ3v) is 12.2. The Bertz CT molecular complexity index is 2310. The Labute approximate surface area is 339 Å². The predicted octanol–water partition coefficient (Wildman–Crippen LogP) is 8.66. The number of rotatable bonds is 6. The van der Waals surface area contributed by atoms with Crippen LogP contribution in [0.2, 0.25) is 0 Å². The van der Waals surface area contributed by atoms with Crippen molar-refractivity contribution in [3.05, 3.63) is 126 Å². The zero-order valence-electron chi connectivity index (χ0n) is 31.8. The summed E-state index contributed by atoms with van der Waals surface area (Å²) in [5.74, 6) is 12.2. The van der Waals surface area contributed by atoms with Gasteiger partial charge in [0.15, 0.2) is 11.6 Å². The van der Waals surface area contributed by atoms with E-state index < -0.39 is 0 Å². The molecule has 6 aromatic rings. The number of hydrogen-bond donors (Lipinski definition) is 0. The number of methoxy groups -OCH3 is 2. The Hall–Kier alpha value is -4.44. The second kappa shape index (κ2) is 18.9. The molecule has 0 saturated heterocycles. The second-order valence-electron chi connectivity index (χ2n) is 12.8. The molecule has 2 aromatic carbocycles. The number of aryl methyl sites for hydroxylation is 2. The van der Waals surface area contributed by atoms with Gasteiger partial charge in [0, 0.05) is 25.3 Å². The highest BCUT2D eigenvalue weighted by Crippen LogP contribution is 2.42. The molecule has 2 atom stereocenters. The van der Waals surface area contributed by atoms with E-state index in [9.17, 15) is 0 Å². The van der Waals surface area contributed by atoms with Crippen molar-refractivity contribution in [2.45, 2.75) is 66.0 Å². The van der Waals surface area contributed by atoms with Gasteiger partial charge >= 0.3 is 0 Å². The minimum Gasteiger partial charge on any atom is -0.372 e. The Morgan fingerprint density at radius 3 is 1.73 bits per heavy atom. The maximum Gasteiger partial charge on any atom is 0.167 e. The van der Waals surface area contributed by atoms with Crippen LogP contribution in [0.15, 0.2) is 64.5 Å². The molecule has 10 nitrogen and oxygen atoms in total. The number of thiophene rings is 2. The molecule has 6 heterocycles. The lowest BCUT2D eigenvalue weighted by molar-refractivity contribution is 0.0492. The average molecular weight is 840 g/mol. The molecule has 8 rings (SSSR count). The van der Waals surface area contributed by atoms with E-state index in [2.05, 4.69) is 116 Å². The van der Waals surface area contributed by atoms with Crippen LogP contribution in [-0.4, -0.2) is 57.0 Å². The Kier molecular flexibility index (Phi) is 13.9. The van der Waals surface area contributed by atoms with Gasteiger partial charge in [0.05, 0.1) is 21.9 Å². The largest absolute Gasteiger partial charge is 0.372 e. The van der Waals surface area contributed by atoms with Crippen molar-refractivity contribution in [1.29, 1.82) is 0 Å². The van der Waals surface area contributed by atoms with Crippen molar-refractivity contribution in [3.63, 3.8) is 0 Å². The Morgan fingerprint density at radius 1 is 0.745 bits per heavy atom. The third-order valence-electron chi connectivity index (χ3n) is 9.02. The fourth-order valence-electron chi connectivity index (χ4n) is 6.29. The highest BCUT2D eigenvalue weighted by molar-refractivity contribution is 9.11. The van der Waals surface area contributed by atoms with Crippen LogP contribution >= 0.6 is 38.6 Å². The van der Waals surface area contributed by atoms with Crippen molar-refractivity contribution in [1.82, 2.24) is 29.5 Å². The van der Waals surface area contributed by atoms with Gasteiger partial charge < -0.3 is 18.9 Å². The quantitative estimate of drug-likeness (QED) is 0.154. The Balaban J connectivity index is 0.000000168. The van der Waals surface area contributed by atoms with Crippen LogP contribution in [0.25, 0.3) is 10.0 Å². The summed E-state index contributed by atoms with van der Waals surface area (Å²) in [6, 6.07) is 21.0. The SMILES string of the molecule is C#CCOC.COCC#Cc1sc2c(c1Cc1ccccc1)CO[C@@H](C)c1nnc(C)n1-2.Cc1nnc2n1-c1sc(Br)c(Cc3ccccc3)c1CO[C@H]2C. The molecule has 0 unspecified atom stereocenters. The van der Waals surface area contributed by atoms with Crippen LogP contribution in [0.4, 0.5) is 0 Å². The average Bonchev–Trinajstić information content (AvgIpc) is 3.90. The van der Waals surface area contributed by atoms with Crippen molar-refractivity contribution in [3.8, 4) is 34.2 Å². The maximum absolute atomic E-state index is 6.10. The van der Waals surface area contributed by atoms with E-state index >= 15 is 0 Å². The lowest BCUT2D eigenvalue weighted by atomic mass is 10.0. The molecule has 2 aliphatic heterocycles. The minimum atomic E-state index is -0.0987. The van der Waals surface area contributed by atoms with E-state index in [0.29, 0.717) is 26.4 Å². The molecular weight excluding hydrogens is 797 g/mol. The predicted molar refractivity (Wildman–Crippen MR) is 220 cm³/mol. The molecule has 0 fully saturated rings. The number of terminal acetylenes is 1. The van der Waals surface area contributed by atoms with Gasteiger partial charge in [0.25, 0.3) is 0 Å². The summed E-state index contributed by atoms with van der Waals surface area (Å²) in [6.45, 7) is 9.99. The first-order valence-corrected chi connectivity index (χ1v) is 20.2. The monoisotopic (exact) mass is 838 g/mol. The molecule has 0 saturated carbocycles. The maximum atomic E-state index is 6.10.